The number of alkyl halides is 3. The number of pyridine rings is 1. The maximum Gasteiger partial charge on any atom is 0.411 e. The van der Waals surface area contributed by atoms with Crippen molar-refractivity contribution in [3.63, 3.8) is 0 Å². The first kappa shape index (κ1) is 13.9. The highest BCUT2D eigenvalue weighted by Gasteiger charge is 2.27. The third-order valence-corrected chi connectivity index (χ3v) is 1.99. The van der Waals surface area contributed by atoms with Gasteiger partial charge in [-0.25, -0.2) is 0 Å². The molecule has 1 rings (SSSR count). The second kappa shape index (κ2) is 6.56. The summed E-state index contributed by atoms with van der Waals surface area (Å²) >= 11 is 0. The number of ether oxygens (including phenoxy) is 1. The number of nitrogens with zero attached hydrogens (tertiary/aromatic N) is 1. The van der Waals surface area contributed by atoms with Crippen LogP contribution < -0.4 is 5.32 Å². The molecule has 1 heterocycles. The molecular formula is C11H15F3N2O. The Morgan fingerprint density at radius 1 is 1.35 bits per heavy atom. The fraction of sp³-hybridized carbons (Fsp3) is 0.545. The van der Waals surface area contributed by atoms with Crippen molar-refractivity contribution in [2.45, 2.75) is 19.6 Å². The number of aryl methyl sites for hydroxylation is 1. The van der Waals surface area contributed by atoms with Crippen LogP contribution in [0.4, 0.5) is 13.2 Å². The van der Waals surface area contributed by atoms with E-state index in [-0.39, 0.29) is 6.61 Å². The van der Waals surface area contributed by atoms with Crippen LogP contribution in [0.1, 0.15) is 11.3 Å². The molecule has 17 heavy (non-hydrogen) atoms. The molecule has 0 unspecified atom stereocenters. The molecule has 0 radical (unpaired) electrons. The molecule has 0 amide bonds. The molecule has 0 bridgehead atoms. The van der Waals surface area contributed by atoms with Gasteiger partial charge in [-0.3, -0.25) is 4.98 Å². The van der Waals surface area contributed by atoms with Gasteiger partial charge < -0.3 is 10.1 Å². The predicted molar refractivity (Wildman–Crippen MR) is 57.6 cm³/mol. The fourth-order valence-electron chi connectivity index (χ4n) is 1.17. The first-order valence-electron chi connectivity index (χ1n) is 5.24. The van der Waals surface area contributed by atoms with Gasteiger partial charge in [0.1, 0.15) is 6.61 Å². The molecule has 0 atom stereocenters. The topological polar surface area (TPSA) is 34.1 Å². The molecule has 3 nitrogen and oxygen atoms in total. The van der Waals surface area contributed by atoms with E-state index in [1.165, 1.54) is 0 Å². The summed E-state index contributed by atoms with van der Waals surface area (Å²) in [6.07, 6.45) is -2.51. The summed E-state index contributed by atoms with van der Waals surface area (Å²) in [5.41, 5.74) is 1.92. The summed E-state index contributed by atoms with van der Waals surface area (Å²) in [6.45, 7) is 1.69. The molecule has 1 aromatic rings. The molecule has 1 N–H and O–H groups in total. The monoisotopic (exact) mass is 248 g/mol. The van der Waals surface area contributed by atoms with Crippen LogP contribution in [-0.2, 0) is 11.3 Å². The number of aromatic nitrogens is 1. The lowest BCUT2D eigenvalue weighted by atomic mass is 10.2. The van der Waals surface area contributed by atoms with E-state index in [0.717, 1.165) is 11.3 Å². The molecule has 6 heteroatoms. The van der Waals surface area contributed by atoms with Gasteiger partial charge in [0.15, 0.2) is 0 Å². The first-order valence-corrected chi connectivity index (χ1v) is 5.24. The van der Waals surface area contributed by atoms with Gasteiger partial charge in [-0.15, -0.1) is 0 Å². The smallest absolute Gasteiger partial charge is 0.371 e. The minimum absolute atomic E-state index is 0.0405. The predicted octanol–water partition coefficient (Wildman–Crippen LogP) is 2.06. The van der Waals surface area contributed by atoms with Crippen molar-refractivity contribution in [2.24, 2.45) is 0 Å². The number of hydrogen-bond acceptors (Lipinski definition) is 3. The van der Waals surface area contributed by atoms with Crippen LogP contribution in [0.15, 0.2) is 18.3 Å². The Morgan fingerprint density at radius 3 is 2.71 bits per heavy atom. The zero-order valence-electron chi connectivity index (χ0n) is 9.55. The molecule has 0 saturated carbocycles. The minimum Gasteiger partial charge on any atom is -0.371 e. The Balaban J connectivity index is 2.07. The lowest BCUT2D eigenvalue weighted by Gasteiger charge is -2.08. The Hall–Kier alpha value is -1.14. The molecule has 0 aliphatic heterocycles. The van der Waals surface area contributed by atoms with Crippen LogP contribution >= 0.6 is 0 Å². The van der Waals surface area contributed by atoms with Gasteiger partial charge in [0.2, 0.25) is 0 Å². The summed E-state index contributed by atoms with van der Waals surface area (Å²) in [4.78, 5) is 4.11. The second-order valence-corrected chi connectivity index (χ2v) is 3.65. The molecule has 1 aromatic heterocycles. The molecule has 0 spiro atoms. The van der Waals surface area contributed by atoms with E-state index < -0.39 is 12.8 Å². The number of hydrogen-bond donors (Lipinski definition) is 1. The van der Waals surface area contributed by atoms with Crippen molar-refractivity contribution in [3.05, 3.63) is 29.6 Å². The van der Waals surface area contributed by atoms with Crippen LogP contribution in [0, 0.1) is 6.92 Å². The quantitative estimate of drug-likeness (QED) is 0.782. The highest BCUT2D eigenvalue weighted by molar-refractivity contribution is 5.12. The maximum atomic E-state index is 11.7. The lowest BCUT2D eigenvalue weighted by molar-refractivity contribution is -0.173. The van der Waals surface area contributed by atoms with Crippen LogP contribution in [0.25, 0.3) is 0 Å². The van der Waals surface area contributed by atoms with E-state index >= 15 is 0 Å². The average Bonchev–Trinajstić information content (AvgIpc) is 2.24. The van der Waals surface area contributed by atoms with E-state index in [0.29, 0.717) is 13.1 Å². The van der Waals surface area contributed by atoms with E-state index in [4.69, 9.17) is 0 Å². The van der Waals surface area contributed by atoms with Gasteiger partial charge in [0.25, 0.3) is 0 Å². The normalized spacial score (nSPS) is 11.8. The highest BCUT2D eigenvalue weighted by Crippen LogP contribution is 2.13. The van der Waals surface area contributed by atoms with Gasteiger partial charge in [-0.1, -0.05) is 6.07 Å². The molecule has 0 fully saturated rings. The SMILES string of the molecule is Cc1ccc(CNCCOCC(F)(F)F)cn1. The molecule has 0 aromatic carbocycles. The Labute approximate surface area is 98.0 Å². The average molecular weight is 248 g/mol. The molecule has 0 aliphatic carbocycles. The maximum absolute atomic E-state index is 11.7. The van der Waals surface area contributed by atoms with E-state index in [1.807, 2.05) is 19.1 Å². The lowest BCUT2D eigenvalue weighted by Crippen LogP contribution is -2.23. The Kier molecular flexibility index (Phi) is 5.37. The summed E-state index contributed by atoms with van der Waals surface area (Å²) in [7, 11) is 0. The van der Waals surface area contributed by atoms with Crippen molar-refractivity contribution >= 4 is 0 Å². The zero-order chi connectivity index (χ0) is 12.7. The van der Waals surface area contributed by atoms with E-state index in [9.17, 15) is 13.2 Å². The zero-order valence-corrected chi connectivity index (χ0v) is 9.55. The molecule has 96 valence electrons. The summed E-state index contributed by atoms with van der Waals surface area (Å²) < 4.78 is 39.6. The number of halogens is 3. The van der Waals surface area contributed by atoms with Crippen LogP contribution in [0.5, 0.6) is 0 Å². The van der Waals surface area contributed by atoms with Gasteiger partial charge in [0.05, 0.1) is 6.61 Å². The van der Waals surface area contributed by atoms with E-state index in [2.05, 4.69) is 15.0 Å². The molecule has 0 saturated heterocycles. The van der Waals surface area contributed by atoms with Crippen LogP contribution in [0.2, 0.25) is 0 Å². The Bertz CT molecular complexity index is 324. The third kappa shape index (κ3) is 6.91. The highest BCUT2D eigenvalue weighted by atomic mass is 19.4. The fourth-order valence-corrected chi connectivity index (χ4v) is 1.17. The van der Waals surface area contributed by atoms with Crippen molar-refractivity contribution < 1.29 is 17.9 Å². The largest absolute Gasteiger partial charge is 0.411 e. The van der Waals surface area contributed by atoms with Gasteiger partial charge in [-0.2, -0.15) is 13.2 Å². The minimum atomic E-state index is -4.25. The van der Waals surface area contributed by atoms with E-state index in [1.54, 1.807) is 6.20 Å². The van der Waals surface area contributed by atoms with Crippen LogP contribution in [-0.4, -0.2) is 30.9 Å². The summed E-state index contributed by atoms with van der Waals surface area (Å²) in [6, 6.07) is 3.81. The van der Waals surface area contributed by atoms with Crippen molar-refractivity contribution in [3.8, 4) is 0 Å². The van der Waals surface area contributed by atoms with Crippen LogP contribution in [0.3, 0.4) is 0 Å². The molecule has 0 aliphatic rings. The molecular weight excluding hydrogens is 233 g/mol. The standard InChI is InChI=1S/C11H15F3N2O/c1-9-2-3-10(7-16-9)6-15-4-5-17-8-11(12,13)14/h2-3,7,15H,4-6,8H2,1H3. The summed E-state index contributed by atoms with van der Waals surface area (Å²) in [5.74, 6) is 0. The van der Waals surface area contributed by atoms with Gasteiger partial charge in [-0.05, 0) is 18.6 Å². The van der Waals surface area contributed by atoms with Crippen molar-refractivity contribution in [1.82, 2.24) is 10.3 Å². The first-order chi connectivity index (χ1) is 7.97. The second-order valence-electron chi connectivity index (χ2n) is 3.65. The van der Waals surface area contributed by atoms with Gasteiger partial charge >= 0.3 is 6.18 Å². The number of nitrogens with one attached hydrogen (secondary N) is 1. The summed E-state index contributed by atoms with van der Waals surface area (Å²) in [5, 5.41) is 2.98. The van der Waals surface area contributed by atoms with Gasteiger partial charge in [0, 0.05) is 25.0 Å². The number of rotatable bonds is 6. The Morgan fingerprint density at radius 2 is 2.12 bits per heavy atom. The van der Waals surface area contributed by atoms with Crippen molar-refractivity contribution in [1.29, 1.82) is 0 Å². The third-order valence-electron chi connectivity index (χ3n) is 1.99. The van der Waals surface area contributed by atoms with Crippen molar-refractivity contribution in [2.75, 3.05) is 19.8 Å².